The Kier molecular flexibility index (Phi) is 5.99. The zero-order valence-electron chi connectivity index (χ0n) is 12.6. The predicted octanol–water partition coefficient (Wildman–Crippen LogP) is 2.33. The topological polar surface area (TPSA) is 74.2 Å². The summed E-state index contributed by atoms with van der Waals surface area (Å²) in [4.78, 5) is 16.7. The van der Waals surface area contributed by atoms with Crippen LogP contribution in [0, 0.1) is 0 Å². The summed E-state index contributed by atoms with van der Waals surface area (Å²) in [5, 5.41) is 16.3. The molecule has 21 heavy (non-hydrogen) atoms. The van der Waals surface area contributed by atoms with Gasteiger partial charge in [-0.2, -0.15) is 0 Å². The Morgan fingerprint density at radius 1 is 1.38 bits per heavy atom. The van der Waals surface area contributed by atoms with Gasteiger partial charge in [0.25, 0.3) is 5.91 Å². The van der Waals surface area contributed by atoms with Gasteiger partial charge in [0.2, 0.25) is 0 Å². The Hall–Kier alpha value is -1.62. The third kappa shape index (κ3) is 4.43. The number of aliphatic hydroxyl groups excluding tert-OH is 1. The van der Waals surface area contributed by atoms with Crippen LogP contribution in [0.1, 0.15) is 55.8 Å². The van der Waals surface area contributed by atoms with Crippen molar-refractivity contribution in [3.05, 3.63) is 23.9 Å². The van der Waals surface area contributed by atoms with Crippen molar-refractivity contribution >= 4 is 11.7 Å². The lowest BCUT2D eigenvalue weighted by Gasteiger charge is -2.22. The number of aliphatic hydroxyl groups is 1. The van der Waals surface area contributed by atoms with Gasteiger partial charge in [-0.1, -0.05) is 26.2 Å². The Balaban J connectivity index is 2.05. The zero-order valence-corrected chi connectivity index (χ0v) is 12.6. The van der Waals surface area contributed by atoms with E-state index in [1.165, 1.54) is 0 Å². The minimum Gasteiger partial charge on any atom is -0.391 e. The van der Waals surface area contributed by atoms with E-state index in [9.17, 15) is 9.90 Å². The largest absolute Gasteiger partial charge is 0.391 e. The van der Waals surface area contributed by atoms with Crippen LogP contribution in [0.3, 0.4) is 0 Å². The van der Waals surface area contributed by atoms with E-state index in [0.717, 1.165) is 45.1 Å². The number of hydrogen-bond donors (Lipinski definition) is 3. The van der Waals surface area contributed by atoms with Crippen molar-refractivity contribution < 1.29 is 9.90 Å². The smallest absolute Gasteiger partial charge is 0.255 e. The molecule has 1 aliphatic rings. The molecule has 5 heteroatoms. The van der Waals surface area contributed by atoms with Gasteiger partial charge >= 0.3 is 0 Å². The molecule has 0 aliphatic heterocycles. The molecule has 0 spiro atoms. The fourth-order valence-corrected chi connectivity index (χ4v) is 2.68. The summed E-state index contributed by atoms with van der Waals surface area (Å²) in [6, 6.07) is 3.37. The molecule has 2 rings (SSSR count). The molecule has 1 amide bonds. The van der Waals surface area contributed by atoms with Crippen molar-refractivity contribution in [3.8, 4) is 0 Å². The first kappa shape index (κ1) is 15.8. The first-order valence-electron chi connectivity index (χ1n) is 7.90. The second kappa shape index (κ2) is 7.98. The van der Waals surface area contributed by atoms with Crippen molar-refractivity contribution in [1.82, 2.24) is 10.3 Å². The summed E-state index contributed by atoms with van der Waals surface area (Å²) >= 11 is 0. The molecule has 0 aromatic carbocycles. The summed E-state index contributed by atoms with van der Waals surface area (Å²) in [5.74, 6) is 0.451. The number of hydrogen-bond acceptors (Lipinski definition) is 4. The zero-order chi connectivity index (χ0) is 15.1. The molecular formula is C16H25N3O2. The van der Waals surface area contributed by atoms with Crippen LogP contribution in [0.5, 0.6) is 0 Å². The minimum atomic E-state index is -0.444. The molecule has 1 saturated carbocycles. The summed E-state index contributed by atoms with van der Waals surface area (Å²) < 4.78 is 0. The van der Waals surface area contributed by atoms with Crippen molar-refractivity contribution in [2.24, 2.45) is 0 Å². The summed E-state index contributed by atoms with van der Waals surface area (Å²) in [7, 11) is 0. The molecular weight excluding hydrogens is 266 g/mol. The highest BCUT2D eigenvalue weighted by Crippen LogP contribution is 2.19. The van der Waals surface area contributed by atoms with Crippen molar-refractivity contribution in [2.45, 2.75) is 57.6 Å². The molecule has 0 radical (unpaired) electrons. The summed E-state index contributed by atoms with van der Waals surface area (Å²) in [5.41, 5.74) is 0.544. The van der Waals surface area contributed by atoms with E-state index in [0.29, 0.717) is 11.4 Å². The quantitative estimate of drug-likeness (QED) is 0.728. The Labute approximate surface area is 126 Å². The summed E-state index contributed by atoms with van der Waals surface area (Å²) in [6.07, 6.45) is 7.01. The second-order valence-corrected chi connectivity index (χ2v) is 5.61. The molecule has 1 aliphatic carbocycles. The van der Waals surface area contributed by atoms with Crippen LogP contribution in [0.4, 0.5) is 5.82 Å². The van der Waals surface area contributed by atoms with Gasteiger partial charge in [-0.05, 0) is 31.4 Å². The standard InChI is InChI=1S/C16H25N3O2/c1-2-10-17-15-12(7-6-11-18-15)16(21)19-13-8-4-3-5-9-14(13)20/h6-7,11,13-14,20H,2-5,8-10H2,1H3,(H,17,18)(H,19,21). The Morgan fingerprint density at radius 3 is 3.00 bits per heavy atom. The lowest BCUT2D eigenvalue weighted by molar-refractivity contribution is 0.0819. The first-order chi connectivity index (χ1) is 10.2. The van der Waals surface area contributed by atoms with Gasteiger partial charge in [-0.25, -0.2) is 4.98 Å². The molecule has 2 unspecified atom stereocenters. The number of carbonyl (C=O) groups is 1. The number of pyridine rings is 1. The Bertz CT molecular complexity index is 465. The highest BCUT2D eigenvalue weighted by molar-refractivity contribution is 5.98. The average molecular weight is 291 g/mol. The fourth-order valence-electron chi connectivity index (χ4n) is 2.68. The van der Waals surface area contributed by atoms with Crippen molar-refractivity contribution in [1.29, 1.82) is 0 Å². The fraction of sp³-hybridized carbons (Fsp3) is 0.625. The Morgan fingerprint density at radius 2 is 2.19 bits per heavy atom. The molecule has 1 aromatic rings. The van der Waals surface area contributed by atoms with Gasteiger partial charge in [0.05, 0.1) is 17.7 Å². The van der Waals surface area contributed by atoms with E-state index >= 15 is 0 Å². The number of aromatic nitrogens is 1. The summed E-state index contributed by atoms with van der Waals surface area (Å²) in [6.45, 7) is 2.85. The van der Waals surface area contributed by atoms with Gasteiger partial charge in [0.1, 0.15) is 5.82 Å². The third-order valence-corrected chi connectivity index (χ3v) is 3.89. The van der Waals surface area contributed by atoms with E-state index in [-0.39, 0.29) is 11.9 Å². The van der Waals surface area contributed by atoms with Crippen LogP contribution >= 0.6 is 0 Å². The van der Waals surface area contributed by atoms with E-state index in [4.69, 9.17) is 0 Å². The maximum atomic E-state index is 12.5. The molecule has 3 N–H and O–H groups in total. The van der Waals surface area contributed by atoms with Gasteiger partial charge in [-0.15, -0.1) is 0 Å². The molecule has 2 atom stereocenters. The monoisotopic (exact) mass is 291 g/mol. The minimum absolute atomic E-state index is 0.153. The number of nitrogens with one attached hydrogen (secondary N) is 2. The van der Waals surface area contributed by atoms with E-state index in [2.05, 4.69) is 22.5 Å². The maximum Gasteiger partial charge on any atom is 0.255 e. The third-order valence-electron chi connectivity index (χ3n) is 3.89. The van der Waals surface area contributed by atoms with Gasteiger partial charge in [0, 0.05) is 12.7 Å². The highest BCUT2D eigenvalue weighted by atomic mass is 16.3. The SMILES string of the molecule is CCCNc1ncccc1C(=O)NC1CCCCCC1O. The van der Waals surface area contributed by atoms with Crippen LogP contribution in [0.2, 0.25) is 0 Å². The first-order valence-corrected chi connectivity index (χ1v) is 7.90. The lowest BCUT2D eigenvalue weighted by atomic mass is 10.1. The molecule has 0 bridgehead atoms. The number of anilines is 1. The van der Waals surface area contributed by atoms with Gasteiger partial charge < -0.3 is 15.7 Å². The van der Waals surface area contributed by atoms with E-state index in [1.54, 1.807) is 18.3 Å². The van der Waals surface area contributed by atoms with Crippen molar-refractivity contribution in [3.63, 3.8) is 0 Å². The normalized spacial score (nSPS) is 22.4. The van der Waals surface area contributed by atoms with Gasteiger partial charge in [0.15, 0.2) is 0 Å². The lowest BCUT2D eigenvalue weighted by Crippen LogP contribution is -2.42. The molecule has 5 nitrogen and oxygen atoms in total. The van der Waals surface area contributed by atoms with Crippen LogP contribution in [-0.4, -0.2) is 34.7 Å². The maximum absolute atomic E-state index is 12.5. The molecule has 1 heterocycles. The number of amides is 1. The molecule has 116 valence electrons. The van der Waals surface area contributed by atoms with E-state index < -0.39 is 6.10 Å². The highest BCUT2D eigenvalue weighted by Gasteiger charge is 2.24. The van der Waals surface area contributed by atoms with Crippen LogP contribution < -0.4 is 10.6 Å². The number of nitrogens with zero attached hydrogens (tertiary/aromatic N) is 1. The van der Waals surface area contributed by atoms with E-state index in [1.807, 2.05) is 0 Å². The molecule has 1 fully saturated rings. The number of rotatable bonds is 5. The number of carbonyl (C=O) groups excluding carboxylic acids is 1. The second-order valence-electron chi connectivity index (χ2n) is 5.61. The van der Waals surface area contributed by atoms with Crippen LogP contribution in [0.25, 0.3) is 0 Å². The molecule has 0 saturated heterocycles. The van der Waals surface area contributed by atoms with Crippen molar-refractivity contribution in [2.75, 3.05) is 11.9 Å². The van der Waals surface area contributed by atoms with Crippen LogP contribution in [0.15, 0.2) is 18.3 Å². The van der Waals surface area contributed by atoms with Gasteiger partial charge in [-0.3, -0.25) is 4.79 Å². The van der Waals surface area contributed by atoms with Crippen LogP contribution in [-0.2, 0) is 0 Å². The average Bonchev–Trinajstić information content (AvgIpc) is 2.70. The molecule has 1 aromatic heterocycles. The predicted molar refractivity (Wildman–Crippen MR) is 83.4 cm³/mol.